The molecule has 3 heterocycles. The van der Waals surface area contributed by atoms with E-state index in [2.05, 4.69) is 30.2 Å². The van der Waals surface area contributed by atoms with Crippen LogP contribution in [0.3, 0.4) is 0 Å². The third kappa shape index (κ3) is 4.35. The van der Waals surface area contributed by atoms with Crippen molar-refractivity contribution in [3.8, 4) is 16.9 Å². The molecule has 0 bridgehead atoms. The van der Waals surface area contributed by atoms with Crippen LogP contribution in [0.1, 0.15) is 49.0 Å². The van der Waals surface area contributed by atoms with Crippen molar-refractivity contribution in [2.75, 3.05) is 0 Å². The van der Waals surface area contributed by atoms with Gasteiger partial charge in [0.05, 0.1) is 23.4 Å². The van der Waals surface area contributed by atoms with Gasteiger partial charge in [-0.25, -0.2) is 9.67 Å². The van der Waals surface area contributed by atoms with Crippen LogP contribution in [0.5, 0.6) is 0 Å². The number of hydrogen-bond donors (Lipinski definition) is 1. The molecule has 1 amide bonds. The molecule has 0 aliphatic heterocycles. The molecule has 1 aromatic carbocycles. The van der Waals surface area contributed by atoms with Crippen LogP contribution in [0.25, 0.3) is 21.9 Å². The van der Waals surface area contributed by atoms with Crippen molar-refractivity contribution in [2.24, 2.45) is 0 Å². The minimum absolute atomic E-state index is 0.108. The van der Waals surface area contributed by atoms with Crippen LogP contribution in [0.15, 0.2) is 34.4 Å². The maximum absolute atomic E-state index is 13.6. The summed E-state index contributed by atoms with van der Waals surface area (Å²) in [6, 6.07) is 8.02. The number of aromatic nitrogens is 4. The number of hydrogen-bond acceptors (Lipinski definition) is 5. The largest absolute Gasteiger partial charge is 0.351 e. The molecule has 0 saturated carbocycles. The molecule has 0 spiro atoms. The van der Waals surface area contributed by atoms with Gasteiger partial charge in [-0.1, -0.05) is 12.1 Å². The lowest BCUT2D eigenvalue weighted by molar-refractivity contribution is -0.121. The van der Waals surface area contributed by atoms with E-state index in [1.54, 1.807) is 4.40 Å². The summed E-state index contributed by atoms with van der Waals surface area (Å²) in [7, 11) is 0. The molecule has 1 N–H and O–H groups in total. The maximum Gasteiger partial charge on any atom is 0.268 e. The minimum atomic E-state index is -0.341. The second-order valence-corrected chi connectivity index (χ2v) is 10.3. The summed E-state index contributed by atoms with van der Waals surface area (Å²) >= 11 is 1.36. The molecule has 4 rings (SSSR count). The van der Waals surface area contributed by atoms with Crippen LogP contribution in [-0.4, -0.2) is 30.6 Å². The Kier molecular flexibility index (Phi) is 5.74. The third-order valence-corrected chi connectivity index (χ3v) is 6.50. The molecule has 0 fully saturated rings. The van der Waals surface area contributed by atoms with Gasteiger partial charge in [0.2, 0.25) is 5.91 Å². The molecule has 0 aliphatic rings. The van der Waals surface area contributed by atoms with E-state index >= 15 is 0 Å². The number of benzene rings is 1. The fraction of sp³-hybridized carbons (Fsp3) is 0.360. The molecule has 3 aromatic heterocycles. The Balaban J connectivity index is 1.82. The lowest BCUT2D eigenvalue weighted by atomic mass is 10.1. The summed E-state index contributed by atoms with van der Waals surface area (Å²) in [5.74, 6) is -0.133. The zero-order chi connectivity index (χ0) is 24.1. The number of rotatable bonds is 4. The summed E-state index contributed by atoms with van der Waals surface area (Å²) in [4.78, 5) is 31.4. The summed E-state index contributed by atoms with van der Waals surface area (Å²) < 4.78 is 3.41. The molecule has 0 aliphatic carbocycles. The van der Waals surface area contributed by atoms with Crippen LogP contribution >= 0.6 is 11.3 Å². The summed E-state index contributed by atoms with van der Waals surface area (Å²) in [5, 5.41) is 9.57. The van der Waals surface area contributed by atoms with Gasteiger partial charge in [-0.15, -0.1) is 11.3 Å². The van der Waals surface area contributed by atoms with Crippen molar-refractivity contribution in [1.29, 1.82) is 0 Å². The van der Waals surface area contributed by atoms with E-state index in [4.69, 9.17) is 5.10 Å². The lowest BCUT2D eigenvalue weighted by Gasteiger charge is -2.20. The van der Waals surface area contributed by atoms with Gasteiger partial charge in [-0.05, 0) is 71.7 Å². The van der Waals surface area contributed by atoms with Gasteiger partial charge in [0.15, 0.2) is 4.96 Å². The number of nitrogens with one attached hydrogen (secondary N) is 1. The van der Waals surface area contributed by atoms with E-state index in [0.29, 0.717) is 27.6 Å². The molecule has 172 valence electrons. The molecule has 7 nitrogen and oxygen atoms in total. The Labute approximate surface area is 197 Å². The van der Waals surface area contributed by atoms with Crippen molar-refractivity contribution in [3.63, 3.8) is 0 Å². The number of aryl methyl sites for hydroxylation is 3. The van der Waals surface area contributed by atoms with E-state index in [1.807, 2.05) is 62.9 Å². The summed E-state index contributed by atoms with van der Waals surface area (Å²) in [6.45, 7) is 13.7. The van der Waals surface area contributed by atoms with Crippen molar-refractivity contribution < 1.29 is 4.79 Å². The molecular formula is C25H29N5O2S. The van der Waals surface area contributed by atoms with Gasteiger partial charge in [0.25, 0.3) is 5.56 Å². The Morgan fingerprint density at radius 2 is 1.88 bits per heavy atom. The van der Waals surface area contributed by atoms with Gasteiger partial charge in [-0.2, -0.15) is 5.10 Å². The zero-order valence-electron chi connectivity index (χ0n) is 20.1. The fourth-order valence-electron chi connectivity index (χ4n) is 3.96. The standard InChI is InChI=1S/C25H29N5O2S/c1-14-9-8-10-20(16(14)3)30-15(2)11-19(28-30)22-17(4)26-24-29(23(22)32)18(13-33-24)12-21(31)27-25(5,6)7/h8-11,13H,12H2,1-7H3,(H,27,31). The molecule has 0 radical (unpaired) electrons. The molecule has 0 atom stereocenters. The van der Waals surface area contributed by atoms with Crippen LogP contribution in [0.2, 0.25) is 0 Å². The van der Waals surface area contributed by atoms with Gasteiger partial charge >= 0.3 is 0 Å². The van der Waals surface area contributed by atoms with Gasteiger partial charge in [0, 0.05) is 22.3 Å². The molecule has 0 unspecified atom stereocenters. The second kappa shape index (κ2) is 8.26. The Morgan fingerprint density at radius 3 is 2.58 bits per heavy atom. The Morgan fingerprint density at radius 1 is 1.15 bits per heavy atom. The zero-order valence-corrected chi connectivity index (χ0v) is 20.9. The molecule has 4 aromatic rings. The van der Waals surface area contributed by atoms with Crippen molar-refractivity contribution >= 4 is 22.2 Å². The fourth-order valence-corrected chi connectivity index (χ4v) is 4.88. The number of nitrogens with zero attached hydrogens (tertiary/aromatic N) is 4. The molecule has 0 saturated heterocycles. The van der Waals surface area contributed by atoms with E-state index in [9.17, 15) is 9.59 Å². The van der Waals surface area contributed by atoms with Crippen molar-refractivity contribution in [2.45, 2.75) is 60.4 Å². The highest BCUT2D eigenvalue weighted by atomic mass is 32.1. The average molecular weight is 464 g/mol. The van der Waals surface area contributed by atoms with Crippen LogP contribution < -0.4 is 10.9 Å². The number of carbonyl (C=O) groups excluding carboxylic acids is 1. The third-order valence-electron chi connectivity index (χ3n) is 5.62. The highest BCUT2D eigenvalue weighted by Gasteiger charge is 2.21. The first-order valence-electron chi connectivity index (χ1n) is 10.9. The summed E-state index contributed by atoms with van der Waals surface area (Å²) in [6.07, 6.45) is 0.108. The highest BCUT2D eigenvalue weighted by Crippen LogP contribution is 2.25. The van der Waals surface area contributed by atoms with E-state index in [0.717, 1.165) is 16.9 Å². The van der Waals surface area contributed by atoms with Crippen molar-refractivity contribution in [3.05, 3.63) is 68.2 Å². The first-order chi connectivity index (χ1) is 15.5. The topological polar surface area (TPSA) is 81.3 Å². The number of thiazole rings is 1. The first-order valence-corrected chi connectivity index (χ1v) is 11.8. The number of fused-ring (bicyclic) bond motifs is 1. The smallest absolute Gasteiger partial charge is 0.268 e. The van der Waals surface area contributed by atoms with E-state index in [1.165, 1.54) is 16.9 Å². The Bertz CT molecular complexity index is 1440. The predicted octanol–water partition coefficient (Wildman–Crippen LogP) is 4.30. The molecule has 33 heavy (non-hydrogen) atoms. The van der Waals surface area contributed by atoms with E-state index in [-0.39, 0.29) is 23.4 Å². The molecule has 8 heteroatoms. The van der Waals surface area contributed by atoms with Gasteiger partial charge in [0.1, 0.15) is 5.69 Å². The van der Waals surface area contributed by atoms with E-state index < -0.39 is 0 Å². The number of carbonyl (C=O) groups is 1. The monoisotopic (exact) mass is 463 g/mol. The quantitative estimate of drug-likeness (QED) is 0.489. The highest BCUT2D eigenvalue weighted by molar-refractivity contribution is 7.15. The minimum Gasteiger partial charge on any atom is -0.351 e. The van der Waals surface area contributed by atoms with Crippen LogP contribution in [-0.2, 0) is 11.2 Å². The number of amides is 1. The lowest BCUT2D eigenvalue weighted by Crippen LogP contribution is -2.41. The second-order valence-electron chi connectivity index (χ2n) is 9.50. The molecular weight excluding hydrogens is 434 g/mol. The first kappa shape index (κ1) is 22.9. The van der Waals surface area contributed by atoms with Crippen molar-refractivity contribution in [1.82, 2.24) is 24.5 Å². The van der Waals surface area contributed by atoms with Gasteiger partial charge < -0.3 is 5.32 Å². The predicted molar refractivity (Wildman–Crippen MR) is 132 cm³/mol. The SMILES string of the molecule is Cc1cccc(-n2nc(-c3c(C)nc4scc(CC(=O)NC(C)(C)C)n4c3=O)cc2C)c1C. The Hall–Kier alpha value is -3.26. The average Bonchev–Trinajstić information content (AvgIpc) is 3.26. The maximum atomic E-state index is 13.6. The van der Waals surface area contributed by atoms with Crippen LogP contribution in [0.4, 0.5) is 0 Å². The van der Waals surface area contributed by atoms with Crippen LogP contribution in [0, 0.1) is 27.7 Å². The summed E-state index contributed by atoms with van der Waals surface area (Å²) in [5.41, 5.74) is 5.97. The van der Waals surface area contributed by atoms with Gasteiger partial charge in [-0.3, -0.25) is 14.0 Å². The normalized spacial score (nSPS) is 11.8.